The molecule has 0 aliphatic carbocycles. The van der Waals surface area contributed by atoms with Crippen LogP contribution in [0.2, 0.25) is 0 Å². The maximum absolute atomic E-state index is 12.5. The first-order valence-electron chi connectivity index (χ1n) is 6.85. The number of hydrogen-bond acceptors (Lipinski definition) is 5. The van der Waals surface area contributed by atoms with E-state index in [1.54, 1.807) is 12.0 Å². The Hall–Kier alpha value is -2.15. The molecule has 1 unspecified atom stereocenters. The molecule has 21 heavy (non-hydrogen) atoms. The van der Waals surface area contributed by atoms with Gasteiger partial charge in [0, 0.05) is 26.3 Å². The highest BCUT2D eigenvalue weighted by molar-refractivity contribution is 6.01. The van der Waals surface area contributed by atoms with Gasteiger partial charge < -0.3 is 15.4 Å². The van der Waals surface area contributed by atoms with E-state index in [1.807, 2.05) is 0 Å². The Morgan fingerprint density at radius 1 is 1.57 bits per heavy atom. The molecule has 1 aromatic rings. The summed E-state index contributed by atoms with van der Waals surface area (Å²) >= 11 is 0. The fraction of sp³-hybridized carbons (Fsp3) is 0.500. The number of anilines is 1. The molecule has 2 N–H and O–H groups in total. The highest BCUT2D eigenvalue weighted by Gasteiger charge is 2.27. The Balaban J connectivity index is 2.20. The minimum atomic E-state index is -0.573. The van der Waals surface area contributed by atoms with E-state index in [4.69, 9.17) is 10.5 Å². The number of carbonyl (C=O) groups excluding carboxylic acids is 1. The van der Waals surface area contributed by atoms with Crippen molar-refractivity contribution in [2.75, 3.05) is 32.5 Å². The number of para-hydroxylation sites is 1. The Labute approximate surface area is 122 Å². The maximum Gasteiger partial charge on any atom is 0.292 e. The van der Waals surface area contributed by atoms with Gasteiger partial charge in [-0.1, -0.05) is 6.07 Å². The van der Waals surface area contributed by atoms with E-state index in [9.17, 15) is 14.9 Å². The molecule has 0 radical (unpaired) electrons. The topological polar surface area (TPSA) is 98.7 Å². The summed E-state index contributed by atoms with van der Waals surface area (Å²) in [5.41, 5.74) is 5.67. The second-order valence-electron chi connectivity index (χ2n) is 5.21. The van der Waals surface area contributed by atoms with Crippen LogP contribution in [-0.2, 0) is 4.74 Å². The fourth-order valence-electron chi connectivity index (χ4n) is 2.69. The molecule has 7 nitrogen and oxygen atoms in total. The van der Waals surface area contributed by atoms with Crippen molar-refractivity contribution in [3.63, 3.8) is 0 Å². The van der Waals surface area contributed by atoms with Gasteiger partial charge in [-0.3, -0.25) is 14.9 Å². The van der Waals surface area contributed by atoms with Gasteiger partial charge in [0.2, 0.25) is 0 Å². The van der Waals surface area contributed by atoms with Crippen molar-refractivity contribution in [3.8, 4) is 0 Å². The lowest BCUT2D eigenvalue weighted by Gasteiger charge is -2.32. The molecule has 1 saturated heterocycles. The van der Waals surface area contributed by atoms with Gasteiger partial charge in [0.05, 0.1) is 17.1 Å². The van der Waals surface area contributed by atoms with Crippen LogP contribution in [0.15, 0.2) is 18.2 Å². The van der Waals surface area contributed by atoms with Gasteiger partial charge in [0.25, 0.3) is 11.6 Å². The van der Waals surface area contributed by atoms with E-state index in [2.05, 4.69) is 0 Å². The lowest BCUT2D eigenvalue weighted by atomic mass is 9.98. The van der Waals surface area contributed by atoms with Crippen LogP contribution >= 0.6 is 0 Å². The summed E-state index contributed by atoms with van der Waals surface area (Å²) in [5.74, 6) is 0.0459. The molecule has 1 aliphatic heterocycles. The second-order valence-corrected chi connectivity index (χ2v) is 5.21. The van der Waals surface area contributed by atoms with Crippen LogP contribution in [0.25, 0.3) is 0 Å². The number of ether oxygens (including phenoxy) is 1. The van der Waals surface area contributed by atoms with Crippen molar-refractivity contribution in [1.29, 1.82) is 0 Å². The number of nitrogens with two attached hydrogens (primary N) is 1. The van der Waals surface area contributed by atoms with E-state index < -0.39 is 4.92 Å². The summed E-state index contributed by atoms with van der Waals surface area (Å²) in [7, 11) is 1.64. The van der Waals surface area contributed by atoms with Crippen LogP contribution in [0.4, 0.5) is 11.4 Å². The number of piperidine rings is 1. The van der Waals surface area contributed by atoms with Crippen molar-refractivity contribution in [1.82, 2.24) is 4.90 Å². The van der Waals surface area contributed by atoms with Crippen LogP contribution in [-0.4, -0.2) is 42.5 Å². The van der Waals surface area contributed by atoms with Crippen molar-refractivity contribution in [3.05, 3.63) is 33.9 Å². The van der Waals surface area contributed by atoms with Crippen molar-refractivity contribution in [2.24, 2.45) is 5.92 Å². The van der Waals surface area contributed by atoms with Crippen LogP contribution in [0.1, 0.15) is 23.2 Å². The largest absolute Gasteiger partial charge is 0.393 e. The lowest BCUT2D eigenvalue weighted by molar-refractivity contribution is -0.383. The third kappa shape index (κ3) is 3.30. The van der Waals surface area contributed by atoms with Gasteiger partial charge in [0.15, 0.2) is 0 Å². The highest BCUT2D eigenvalue weighted by Crippen LogP contribution is 2.27. The Kier molecular flexibility index (Phi) is 4.74. The summed E-state index contributed by atoms with van der Waals surface area (Å²) < 4.78 is 5.14. The number of benzene rings is 1. The number of rotatable bonds is 4. The molecule has 0 spiro atoms. The molecule has 114 valence electrons. The van der Waals surface area contributed by atoms with Crippen molar-refractivity contribution >= 4 is 17.3 Å². The number of hydrogen-bond donors (Lipinski definition) is 1. The number of nitro benzene ring substituents is 1. The molecule has 1 fully saturated rings. The van der Waals surface area contributed by atoms with Crippen LogP contribution in [0.5, 0.6) is 0 Å². The van der Waals surface area contributed by atoms with E-state index in [1.165, 1.54) is 18.2 Å². The van der Waals surface area contributed by atoms with E-state index in [0.29, 0.717) is 25.6 Å². The highest BCUT2D eigenvalue weighted by atomic mass is 16.6. The molecule has 1 aromatic carbocycles. The average molecular weight is 293 g/mol. The molecule has 0 saturated carbocycles. The Bertz CT molecular complexity index is 545. The maximum atomic E-state index is 12.5. The van der Waals surface area contributed by atoms with E-state index in [-0.39, 0.29) is 22.8 Å². The number of nitro groups is 1. The van der Waals surface area contributed by atoms with Gasteiger partial charge >= 0.3 is 0 Å². The first-order chi connectivity index (χ1) is 10.0. The first-order valence-corrected chi connectivity index (χ1v) is 6.85. The molecule has 1 atom stereocenters. The third-order valence-corrected chi connectivity index (χ3v) is 3.72. The molecule has 2 rings (SSSR count). The smallest absolute Gasteiger partial charge is 0.292 e. The SMILES string of the molecule is COCC1CCCN(C(=O)c2cccc([N+](=O)[O-])c2N)C1. The number of methoxy groups -OCH3 is 1. The minimum absolute atomic E-state index is 0.0682. The number of likely N-dealkylation sites (tertiary alicyclic amines) is 1. The van der Waals surface area contributed by atoms with Crippen LogP contribution in [0, 0.1) is 16.0 Å². The Morgan fingerprint density at radius 3 is 3.00 bits per heavy atom. The van der Waals surface area contributed by atoms with Crippen LogP contribution < -0.4 is 5.73 Å². The molecule has 7 heteroatoms. The average Bonchev–Trinajstić information content (AvgIpc) is 2.47. The quantitative estimate of drug-likeness (QED) is 0.517. The normalized spacial score (nSPS) is 18.5. The third-order valence-electron chi connectivity index (χ3n) is 3.72. The summed E-state index contributed by atoms with van der Waals surface area (Å²) in [5, 5.41) is 10.9. The Morgan fingerprint density at radius 2 is 2.33 bits per heavy atom. The zero-order valence-electron chi connectivity index (χ0n) is 11.9. The van der Waals surface area contributed by atoms with Gasteiger partial charge in [-0.25, -0.2) is 0 Å². The molecule has 0 bridgehead atoms. The monoisotopic (exact) mass is 293 g/mol. The molecule has 0 aromatic heterocycles. The predicted molar refractivity (Wildman–Crippen MR) is 78.0 cm³/mol. The molecular weight excluding hydrogens is 274 g/mol. The zero-order valence-corrected chi connectivity index (χ0v) is 11.9. The summed E-state index contributed by atoms with van der Waals surface area (Å²) in [6.07, 6.45) is 1.91. The van der Waals surface area contributed by atoms with E-state index in [0.717, 1.165) is 12.8 Å². The number of amides is 1. The van der Waals surface area contributed by atoms with Gasteiger partial charge in [-0.05, 0) is 24.8 Å². The number of carbonyl (C=O) groups is 1. The standard InChI is InChI=1S/C14H19N3O4/c1-21-9-10-4-3-7-16(8-10)14(18)11-5-2-6-12(13(11)15)17(19)20/h2,5-6,10H,3-4,7-9,15H2,1H3. The predicted octanol–water partition coefficient (Wildman–Crippen LogP) is 1.68. The zero-order chi connectivity index (χ0) is 15.4. The van der Waals surface area contributed by atoms with Gasteiger partial charge in [-0.2, -0.15) is 0 Å². The summed E-state index contributed by atoms with van der Waals surface area (Å²) in [4.78, 5) is 24.5. The fourth-order valence-corrected chi connectivity index (χ4v) is 2.69. The van der Waals surface area contributed by atoms with Crippen LogP contribution in [0.3, 0.4) is 0 Å². The molecule has 1 heterocycles. The lowest BCUT2D eigenvalue weighted by Crippen LogP contribution is -2.41. The van der Waals surface area contributed by atoms with E-state index >= 15 is 0 Å². The van der Waals surface area contributed by atoms with Crippen molar-refractivity contribution < 1.29 is 14.5 Å². The molecule has 1 amide bonds. The van der Waals surface area contributed by atoms with Gasteiger partial charge in [-0.15, -0.1) is 0 Å². The van der Waals surface area contributed by atoms with Gasteiger partial charge in [0.1, 0.15) is 5.69 Å². The minimum Gasteiger partial charge on any atom is -0.393 e. The number of nitrogen functional groups attached to an aromatic ring is 1. The summed E-state index contributed by atoms with van der Waals surface area (Å²) in [6.45, 7) is 1.84. The second kappa shape index (κ2) is 6.53. The number of nitrogens with zero attached hydrogens (tertiary/aromatic N) is 2. The summed E-state index contributed by atoms with van der Waals surface area (Å²) in [6, 6.07) is 4.32. The van der Waals surface area contributed by atoms with Crippen molar-refractivity contribution in [2.45, 2.75) is 12.8 Å². The molecule has 1 aliphatic rings. The first kappa shape index (κ1) is 15.2. The molecular formula is C14H19N3O4.